The Balaban J connectivity index is 2.70. The van der Waals surface area contributed by atoms with Gasteiger partial charge in [-0.1, -0.05) is 6.07 Å². The first-order valence-electron chi connectivity index (χ1n) is 6.81. The predicted octanol–water partition coefficient (Wildman–Crippen LogP) is 1.25. The van der Waals surface area contributed by atoms with Crippen molar-refractivity contribution in [2.45, 2.75) is 13.1 Å². The van der Waals surface area contributed by atoms with Crippen molar-refractivity contribution in [2.24, 2.45) is 5.73 Å². The lowest BCUT2D eigenvalue weighted by Gasteiger charge is -2.22. The van der Waals surface area contributed by atoms with E-state index in [1.807, 2.05) is 6.07 Å². The first kappa shape index (κ1) is 16.9. The van der Waals surface area contributed by atoms with Crippen LogP contribution in [0.3, 0.4) is 0 Å². The number of hydrogen-bond acceptors (Lipinski definition) is 5. The van der Waals surface area contributed by atoms with E-state index in [9.17, 15) is 0 Å². The van der Waals surface area contributed by atoms with E-state index in [1.54, 1.807) is 21.3 Å². The number of nitrogens with two attached hydrogens (primary N) is 1. The molecule has 0 unspecified atom stereocenters. The number of rotatable bonds is 10. The minimum atomic E-state index is 0.479. The molecule has 0 spiro atoms. The summed E-state index contributed by atoms with van der Waals surface area (Å²) in [6.45, 7) is 4.51. The average molecular weight is 282 g/mol. The Kier molecular flexibility index (Phi) is 8.22. The van der Waals surface area contributed by atoms with E-state index in [2.05, 4.69) is 17.0 Å². The molecule has 0 amide bonds. The van der Waals surface area contributed by atoms with Gasteiger partial charge in [-0.25, -0.2) is 0 Å². The summed E-state index contributed by atoms with van der Waals surface area (Å²) in [5, 5.41) is 0. The van der Waals surface area contributed by atoms with Gasteiger partial charge in [-0.3, -0.25) is 4.90 Å². The van der Waals surface area contributed by atoms with E-state index in [-0.39, 0.29) is 0 Å². The Morgan fingerprint density at radius 3 is 2.20 bits per heavy atom. The zero-order chi connectivity index (χ0) is 14.8. The number of nitrogens with zero attached hydrogens (tertiary/aromatic N) is 1. The van der Waals surface area contributed by atoms with Gasteiger partial charge in [-0.2, -0.15) is 0 Å². The molecule has 0 bridgehead atoms. The van der Waals surface area contributed by atoms with Gasteiger partial charge in [0.1, 0.15) is 5.75 Å². The standard InChI is InChI=1S/C15H26N2O3/c1-18-8-6-17(7-9-19-2)12-13-4-5-15(20-3)14(10-13)11-16/h4-5,10H,6-9,11-12,16H2,1-3H3. The first-order valence-corrected chi connectivity index (χ1v) is 6.81. The minimum Gasteiger partial charge on any atom is -0.496 e. The van der Waals surface area contributed by atoms with Crippen LogP contribution in [0, 0.1) is 0 Å². The van der Waals surface area contributed by atoms with Crippen LogP contribution in [0.25, 0.3) is 0 Å². The maximum Gasteiger partial charge on any atom is 0.123 e. The van der Waals surface area contributed by atoms with Crippen LogP contribution in [0.15, 0.2) is 18.2 Å². The van der Waals surface area contributed by atoms with Crippen molar-refractivity contribution in [2.75, 3.05) is 47.6 Å². The molecule has 0 aliphatic carbocycles. The van der Waals surface area contributed by atoms with E-state index >= 15 is 0 Å². The zero-order valence-electron chi connectivity index (χ0n) is 12.7. The maximum atomic E-state index is 5.75. The van der Waals surface area contributed by atoms with Crippen LogP contribution in [0.2, 0.25) is 0 Å². The lowest BCUT2D eigenvalue weighted by Crippen LogP contribution is -2.30. The van der Waals surface area contributed by atoms with Crippen molar-refractivity contribution in [3.63, 3.8) is 0 Å². The van der Waals surface area contributed by atoms with Crippen LogP contribution in [0.5, 0.6) is 5.75 Å². The summed E-state index contributed by atoms with van der Waals surface area (Å²) in [6, 6.07) is 6.15. The lowest BCUT2D eigenvalue weighted by molar-refractivity contribution is 0.110. The quantitative estimate of drug-likeness (QED) is 0.700. The lowest BCUT2D eigenvalue weighted by atomic mass is 10.1. The van der Waals surface area contributed by atoms with Crippen LogP contribution < -0.4 is 10.5 Å². The molecule has 1 aromatic carbocycles. The summed E-state index contributed by atoms with van der Waals surface area (Å²) in [5.41, 5.74) is 8.00. The fourth-order valence-corrected chi connectivity index (χ4v) is 2.06. The molecule has 0 radical (unpaired) electrons. The van der Waals surface area contributed by atoms with E-state index < -0.39 is 0 Å². The third-order valence-electron chi connectivity index (χ3n) is 3.19. The summed E-state index contributed by atoms with van der Waals surface area (Å²) in [5.74, 6) is 0.844. The largest absolute Gasteiger partial charge is 0.496 e. The summed E-state index contributed by atoms with van der Waals surface area (Å²) in [6.07, 6.45) is 0. The third-order valence-corrected chi connectivity index (χ3v) is 3.19. The molecule has 2 N–H and O–H groups in total. The molecular formula is C15H26N2O3. The summed E-state index contributed by atoms with van der Waals surface area (Å²) in [4.78, 5) is 2.30. The van der Waals surface area contributed by atoms with E-state index in [1.165, 1.54) is 5.56 Å². The maximum absolute atomic E-state index is 5.75. The smallest absolute Gasteiger partial charge is 0.123 e. The molecule has 1 rings (SSSR count). The number of ether oxygens (including phenoxy) is 3. The molecule has 5 nitrogen and oxygen atoms in total. The second-order valence-electron chi connectivity index (χ2n) is 4.61. The molecule has 0 fully saturated rings. The average Bonchev–Trinajstić information content (AvgIpc) is 2.49. The van der Waals surface area contributed by atoms with Gasteiger partial charge in [0, 0.05) is 46.0 Å². The summed E-state index contributed by atoms with van der Waals surface area (Å²) < 4.78 is 15.6. The van der Waals surface area contributed by atoms with Crippen molar-refractivity contribution >= 4 is 0 Å². The van der Waals surface area contributed by atoms with Crippen LogP contribution >= 0.6 is 0 Å². The second-order valence-corrected chi connectivity index (χ2v) is 4.61. The Labute approximate surface area is 121 Å². The molecule has 5 heteroatoms. The Morgan fingerprint density at radius 2 is 1.70 bits per heavy atom. The number of benzene rings is 1. The highest BCUT2D eigenvalue weighted by Gasteiger charge is 2.08. The fraction of sp³-hybridized carbons (Fsp3) is 0.600. The van der Waals surface area contributed by atoms with Crippen molar-refractivity contribution in [3.05, 3.63) is 29.3 Å². The van der Waals surface area contributed by atoms with Gasteiger partial charge in [-0.05, 0) is 17.7 Å². The highest BCUT2D eigenvalue weighted by molar-refractivity contribution is 5.37. The number of hydrogen-bond donors (Lipinski definition) is 1. The fourth-order valence-electron chi connectivity index (χ4n) is 2.06. The topological polar surface area (TPSA) is 57.0 Å². The van der Waals surface area contributed by atoms with E-state index in [4.69, 9.17) is 19.9 Å². The molecule has 1 aromatic rings. The molecule has 0 saturated carbocycles. The predicted molar refractivity (Wildman–Crippen MR) is 79.9 cm³/mol. The van der Waals surface area contributed by atoms with E-state index in [0.29, 0.717) is 19.8 Å². The minimum absolute atomic E-state index is 0.479. The molecular weight excluding hydrogens is 256 g/mol. The molecule has 114 valence electrons. The molecule has 0 aromatic heterocycles. The molecule has 0 saturated heterocycles. The van der Waals surface area contributed by atoms with Gasteiger partial charge in [0.15, 0.2) is 0 Å². The van der Waals surface area contributed by atoms with E-state index in [0.717, 1.165) is 30.9 Å². The Hall–Kier alpha value is -1.14. The third kappa shape index (κ3) is 5.46. The zero-order valence-corrected chi connectivity index (χ0v) is 12.7. The van der Waals surface area contributed by atoms with Gasteiger partial charge in [0.05, 0.1) is 20.3 Å². The monoisotopic (exact) mass is 282 g/mol. The highest BCUT2D eigenvalue weighted by atomic mass is 16.5. The SMILES string of the molecule is COCCN(CCOC)Cc1ccc(OC)c(CN)c1. The number of methoxy groups -OCH3 is 3. The van der Waals surface area contributed by atoms with Crippen LogP contribution in [-0.2, 0) is 22.6 Å². The second kappa shape index (κ2) is 9.72. The molecule has 0 heterocycles. The molecule has 0 aliphatic heterocycles. The summed E-state index contributed by atoms with van der Waals surface area (Å²) in [7, 11) is 5.10. The summed E-state index contributed by atoms with van der Waals surface area (Å²) >= 11 is 0. The van der Waals surface area contributed by atoms with Crippen LogP contribution in [0.4, 0.5) is 0 Å². The highest BCUT2D eigenvalue weighted by Crippen LogP contribution is 2.20. The Bertz CT molecular complexity index is 377. The van der Waals surface area contributed by atoms with Crippen LogP contribution in [0.1, 0.15) is 11.1 Å². The van der Waals surface area contributed by atoms with Crippen LogP contribution in [-0.4, -0.2) is 52.5 Å². The Morgan fingerprint density at radius 1 is 1.05 bits per heavy atom. The van der Waals surface area contributed by atoms with Crippen molar-refractivity contribution in [1.82, 2.24) is 4.90 Å². The van der Waals surface area contributed by atoms with Gasteiger partial charge < -0.3 is 19.9 Å². The molecule has 0 aliphatic rings. The van der Waals surface area contributed by atoms with Gasteiger partial charge in [-0.15, -0.1) is 0 Å². The van der Waals surface area contributed by atoms with Gasteiger partial charge in [0.25, 0.3) is 0 Å². The molecule has 0 atom stereocenters. The van der Waals surface area contributed by atoms with Crippen molar-refractivity contribution in [3.8, 4) is 5.75 Å². The molecule has 20 heavy (non-hydrogen) atoms. The van der Waals surface area contributed by atoms with Crippen molar-refractivity contribution < 1.29 is 14.2 Å². The van der Waals surface area contributed by atoms with Crippen molar-refractivity contribution in [1.29, 1.82) is 0 Å². The first-order chi connectivity index (χ1) is 9.74. The van der Waals surface area contributed by atoms with Gasteiger partial charge >= 0.3 is 0 Å². The van der Waals surface area contributed by atoms with Gasteiger partial charge in [0.2, 0.25) is 0 Å². The normalized spacial score (nSPS) is 11.1.